The van der Waals surface area contributed by atoms with Crippen molar-refractivity contribution in [3.05, 3.63) is 12.7 Å². The predicted octanol–water partition coefficient (Wildman–Crippen LogP) is 2.16. The number of allylic oxidation sites excluding steroid dienone is 1. The zero-order valence-electron chi connectivity index (χ0n) is 12.0. The summed E-state index contributed by atoms with van der Waals surface area (Å²) in [5.74, 6) is 0.00755. The van der Waals surface area contributed by atoms with Crippen molar-refractivity contribution in [2.24, 2.45) is 0 Å². The summed E-state index contributed by atoms with van der Waals surface area (Å²) in [4.78, 5) is 25.3. The van der Waals surface area contributed by atoms with E-state index in [-0.39, 0.29) is 12.3 Å². The summed E-state index contributed by atoms with van der Waals surface area (Å²) in [7, 11) is 0. The number of hydrogen-bond donors (Lipinski definition) is 0. The van der Waals surface area contributed by atoms with E-state index in [1.807, 2.05) is 20.8 Å². The van der Waals surface area contributed by atoms with Gasteiger partial charge in [-0.2, -0.15) is 0 Å². The molecule has 5 nitrogen and oxygen atoms in total. The van der Waals surface area contributed by atoms with Gasteiger partial charge in [-0.25, -0.2) is 4.79 Å². The fourth-order valence-corrected chi connectivity index (χ4v) is 1.74. The normalized spacial score (nSPS) is 19.9. The van der Waals surface area contributed by atoms with Gasteiger partial charge in [0.1, 0.15) is 11.7 Å². The molecule has 1 atom stereocenters. The molecule has 0 aliphatic carbocycles. The number of rotatable bonds is 4. The molecular weight excluding hydrogens is 246 g/mol. The summed E-state index contributed by atoms with van der Waals surface area (Å²) in [6.07, 6.45) is 1.80. The van der Waals surface area contributed by atoms with Crippen LogP contribution in [0.15, 0.2) is 12.7 Å². The molecule has 0 saturated carbocycles. The van der Waals surface area contributed by atoms with Crippen molar-refractivity contribution in [1.29, 1.82) is 0 Å². The van der Waals surface area contributed by atoms with Crippen LogP contribution in [0.1, 0.15) is 33.6 Å². The number of ether oxygens (including phenoxy) is 2. The molecule has 1 saturated heterocycles. The lowest BCUT2D eigenvalue weighted by Gasteiger charge is -2.33. The van der Waals surface area contributed by atoms with Crippen molar-refractivity contribution in [2.75, 3.05) is 19.7 Å². The van der Waals surface area contributed by atoms with Crippen LogP contribution in [0.4, 0.5) is 4.79 Å². The fraction of sp³-hybridized carbons (Fsp3) is 0.714. The van der Waals surface area contributed by atoms with Crippen LogP contribution in [-0.2, 0) is 14.3 Å². The topological polar surface area (TPSA) is 55.8 Å². The summed E-state index contributed by atoms with van der Waals surface area (Å²) >= 11 is 0. The van der Waals surface area contributed by atoms with Crippen molar-refractivity contribution < 1.29 is 19.1 Å². The molecule has 0 aromatic heterocycles. The van der Waals surface area contributed by atoms with Crippen molar-refractivity contribution >= 4 is 11.9 Å². The van der Waals surface area contributed by atoms with E-state index in [4.69, 9.17) is 9.47 Å². The van der Waals surface area contributed by atoms with Gasteiger partial charge in [0.25, 0.3) is 0 Å². The Bertz CT molecular complexity index is 346. The summed E-state index contributed by atoms with van der Waals surface area (Å²) in [5.41, 5.74) is -0.530. The Morgan fingerprint density at radius 3 is 2.74 bits per heavy atom. The summed E-state index contributed by atoms with van der Waals surface area (Å²) in [5, 5.41) is 0. The van der Waals surface area contributed by atoms with E-state index in [9.17, 15) is 9.59 Å². The van der Waals surface area contributed by atoms with E-state index in [0.29, 0.717) is 26.0 Å². The van der Waals surface area contributed by atoms with Gasteiger partial charge in [0, 0.05) is 13.0 Å². The molecule has 1 unspecified atom stereocenters. The number of Topliss-reactive ketones (excluding diaryl/α,β-unsaturated/α-hetero) is 1. The minimum Gasteiger partial charge on any atom is -0.444 e. The molecule has 0 radical (unpaired) electrons. The molecule has 108 valence electrons. The summed E-state index contributed by atoms with van der Waals surface area (Å²) in [6.45, 7) is 10.1. The van der Waals surface area contributed by atoms with Crippen LogP contribution in [0, 0.1) is 0 Å². The van der Waals surface area contributed by atoms with Gasteiger partial charge in [0.2, 0.25) is 0 Å². The number of nitrogens with zero attached hydrogens (tertiary/aromatic N) is 1. The first-order valence-corrected chi connectivity index (χ1v) is 6.56. The number of ketones is 1. The van der Waals surface area contributed by atoms with Gasteiger partial charge in [-0.3, -0.25) is 4.79 Å². The Morgan fingerprint density at radius 2 is 2.16 bits per heavy atom. The minimum absolute atomic E-state index is 0.00755. The predicted molar refractivity (Wildman–Crippen MR) is 72.0 cm³/mol. The van der Waals surface area contributed by atoms with Gasteiger partial charge < -0.3 is 14.4 Å². The van der Waals surface area contributed by atoms with E-state index < -0.39 is 17.8 Å². The third-order valence-electron chi connectivity index (χ3n) is 2.67. The molecule has 1 fully saturated rings. The van der Waals surface area contributed by atoms with Crippen molar-refractivity contribution in [2.45, 2.75) is 45.3 Å². The second kappa shape index (κ2) is 6.70. The van der Waals surface area contributed by atoms with Gasteiger partial charge >= 0.3 is 6.09 Å². The highest BCUT2D eigenvalue weighted by atomic mass is 16.6. The smallest absolute Gasteiger partial charge is 0.410 e. The van der Waals surface area contributed by atoms with E-state index >= 15 is 0 Å². The van der Waals surface area contributed by atoms with Crippen molar-refractivity contribution in [3.63, 3.8) is 0 Å². The average Bonchev–Trinajstić information content (AvgIpc) is 2.34. The van der Waals surface area contributed by atoms with Crippen LogP contribution in [0.3, 0.4) is 0 Å². The van der Waals surface area contributed by atoms with E-state index in [2.05, 4.69) is 6.58 Å². The molecule has 1 aliphatic heterocycles. The van der Waals surface area contributed by atoms with Gasteiger partial charge in [-0.15, -0.1) is 6.58 Å². The first-order valence-electron chi connectivity index (χ1n) is 6.56. The van der Waals surface area contributed by atoms with Crippen molar-refractivity contribution in [1.82, 2.24) is 4.90 Å². The van der Waals surface area contributed by atoms with Crippen LogP contribution in [0.5, 0.6) is 0 Å². The van der Waals surface area contributed by atoms with Gasteiger partial charge in [-0.1, -0.05) is 6.08 Å². The lowest BCUT2D eigenvalue weighted by molar-refractivity contribution is -0.135. The van der Waals surface area contributed by atoms with Crippen molar-refractivity contribution in [3.8, 4) is 0 Å². The van der Waals surface area contributed by atoms with Crippen LogP contribution >= 0.6 is 0 Å². The van der Waals surface area contributed by atoms with E-state index in [1.54, 1.807) is 6.08 Å². The number of carbonyl (C=O) groups is 2. The summed E-state index contributed by atoms with van der Waals surface area (Å²) < 4.78 is 10.7. The monoisotopic (exact) mass is 269 g/mol. The molecule has 0 N–H and O–H groups in total. The molecule has 1 rings (SSSR count). The Kier molecular flexibility index (Phi) is 5.54. The first kappa shape index (κ1) is 15.7. The molecule has 1 amide bonds. The van der Waals surface area contributed by atoms with E-state index in [0.717, 1.165) is 0 Å². The number of hydrogen-bond acceptors (Lipinski definition) is 4. The van der Waals surface area contributed by atoms with Crippen LogP contribution < -0.4 is 0 Å². The fourth-order valence-electron chi connectivity index (χ4n) is 1.74. The molecule has 5 heteroatoms. The van der Waals surface area contributed by atoms with Crippen LogP contribution in [-0.4, -0.2) is 48.2 Å². The first-order chi connectivity index (χ1) is 8.83. The van der Waals surface area contributed by atoms with Crippen LogP contribution in [0.25, 0.3) is 0 Å². The largest absolute Gasteiger partial charge is 0.444 e. The second-order valence-electron chi connectivity index (χ2n) is 5.58. The lowest BCUT2D eigenvalue weighted by atomic mass is 10.1. The highest BCUT2D eigenvalue weighted by Gasteiger charge is 2.31. The lowest BCUT2D eigenvalue weighted by Crippen LogP contribution is -2.49. The van der Waals surface area contributed by atoms with Crippen LogP contribution in [0.2, 0.25) is 0 Å². The Hall–Kier alpha value is -1.36. The molecule has 0 aromatic rings. The van der Waals surface area contributed by atoms with Gasteiger partial charge in [0.05, 0.1) is 13.2 Å². The zero-order chi connectivity index (χ0) is 14.5. The maximum absolute atomic E-state index is 11.9. The van der Waals surface area contributed by atoms with Gasteiger partial charge in [0.15, 0.2) is 5.78 Å². The summed E-state index contributed by atoms with van der Waals surface area (Å²) in [6, 6.07) is 0. The quantitative estimate of drug-likeness (QED) is 0.734. The third-order valence-corrected chi connectivity index (χ3v) is 2.67. The molecule has 0 aromatic carbocycles. The van der Waals surface area contributed by atoms with Gasteiger partial charge in [-0.05, 0) is 27.2 Å². The molecular formula is C14H23NO4. The molecule has 0 spiro atoms. The highest BCUT2D eigenvalue weighted by Crippen LogP contribution is 2.14. The standard InChI is InChI=1S/C14H23NO4/c1-5-6-7-11(16)12-10-15(8-9-18-12)13(17)19-14(2,3)4/h5,12H,1,6-10H2,2-4H3. The zero-order valence-corrected chi connectivity index (χ0v) is 12.0. The molecule has 0 bridgehead atoms. The van der Waals surface area contributed by atoms with E-state index in [1.165, 1.54) is 4.90 Å². The maximum atomic E-state index is 11.9. The maximum Gasteiger partial charge on any atom is 0.410 e. The third kappa shape index (κ3) is 5.42. The number of morpholine rings is 1. The Labute approximate surface area is 114 Å². The number of carbonyl (C=O) groups excluding carboxylic acids is 2. The molecule has 1 aliphatic rings. The SMILES string of the molecule is C=CCCC(=O)C1CN(C(=O)OC(C)(C)C)CCO1. The highest BCUT2D eigenvalue weighted by molar-refractivity contribution is 5.84. The molecule has 19 heavy (non-hydrogen) atoms. The average molecular weight is 269 g/mol. The second-order valence-corrected chi connectivity index (χ2v) is 5.58. The Morgan fingerprint density at radius 1 is 1.47 bits per heavy atom. The minimum atomic E-state index is -0.541. The number of amides is 1. The Balaban J connectivity index is 2.52. The molecule has 1 heterocycles.